The molecule has 1 fully saturated rings. The van der Waals surface area contributed by atoms with E-state index in [4.69, 9.17) is 9.94 Å². The molecule has 0 aromatic heterocycles. The molecule has 1 aliphatic carbocycles. The van der Waals surface area contributed by atoms with Crippen molar-refractivity contribution < 1.29 is 14.7 Å². The topological polar surface area (TPSA) is 58.9 Å². The molecule has 0 atom stereocenters. The fourth-order valence-electron chi connectivity index (χ4n) is 1.63. The number of carboxylic acids is 1. The number of hydrogen-bond donors (Lipinski definition) is 1. The van der Waals surface area contributed by atoms with Gasteiger partial charge >= 0.3 is 5.97 Å². The van der Waals surface area contributed by atoms with Gasteiger partial charge in [0.15, 0.2) is 5.71 Å². The van der Waals surface area contributed by atoms with Crippen LogP contribution in [-0.4, -0.2) is 23.4 Å². The number of rotatable bonds is 4. The minimum Gasteiger partial charge on any atom is -0.477 e. The minimum atomic E-state index is -1.02. The molecule has 0 spiro atoms. The van der Waals surface area contributed by atoms with E-state index in [0.717, 1.165) is 0 Å². The summed E-state index contributed by atoms with van der Waals surface area (Å²) in [6, 6.07) is 0. The van der Waals surface area contributed by atoms with Gasteiger partial charge in [-0.05, 0) is 25.7 Å². The highest BCUT2D eigenvalue weighted by Crippen LogP contribution is 2.23. The van der Waals surface area contributed by atoms with E-state index in [9.17, 15) is 4.79 Å². The Morgan fingerprint density at radius 3 is 2.64 bits per heavy atom. The average Bonchev–Trinajstić information content (AvgIpc) is 2.19. The molecule has 0 aliphatic heterocycles. The molecule has 14 heavy (non-hydrogen) atoms. The van der Waals surface area contributed by atoms with Gasteiger partial charge in [0.25, 0.3) is 0 Å². The Labute approximate surface area is 83.9 Å². The number of hydrogen-bond acceptors (Lipinski definition) is 3. The third kappa shape index (κ3) is 3.77. The molecule has 1 rings (SSSR count). The molecule has 4 nitrogen and oxygen atoms in total. The first-order valence-electron chi connectivity index (χ1n) is 5.10. The van der Waals surface area contributed by atoms with E-state index in [1.165, 1.54) is 39.0 Å². The van der Waals surface area contributed by atoms with Crippen molar-refractivity contribution in [2.24, 2.45) is 11.1 Å². The molecule has 0 saturated heterocycles. The summed E-state index contributed by atoms with van der Waals surface area (Å²) >= 11 is 0. The van der Waals surface area contributed by atoms with Gasteiger partial charge < -0.3 is 9.94 Å². The van der Waals surface area contributed by atoms with Crippen molar-refractivity contribution in [3.05, 3.63) is 0 Å². The van der Waals surface area contributed by atoms with Crippen molar-refractivity contribution in [2.75, 3.05) is 6.61 Å². The Bertz CT molecular complexity index is 219. The average molecular weight is 199 g/mol. The van der Waals surface area contributed by atoms with Gasteiger partial charge in [-0.25, -0.2) is 4.79 Å². The maximum absolute atomic E-state index is 10.4. The van der Waals surface area contributed by atoms with Gasteiger partial charge in [-0.2, -0.15) is 0 Å². The number of nitrogens with zero attached hydrogens (tertiary/aromatic N) is 1. The molecule has 0 radical (unpaired) electrons. The zero-order valence-corrected chi connectivity index (χ0v) is 8.53. The summed E-state index contributed by atoms with van der Waals surface area (Å²) in [5.74, 6) is -0.456. The highest BCUT2D eigenvalue weighted by Gasteiger charge is 2.13. The molecule has 0 unspecified atom stereocenters. The zero-order chi connectivity index (χ0) is 10.4. The number of aliphatic carboxylic acids is 1. The zero-order valence-electron chi connectivity index (χ0n) is 8.53. The van der Waals surface area contributed by atoms with Gasteiger partial charge in [-0.3, -0.25) is 0 Å². The number of carboxylic acid groups (broad SMARTS) is 1. The predicted octanol–water partition coefficient (Wildman–Crippen LogP) is 2.04. The first-order chi connectivity index (χ1) is 6.70. The first-order valence-corrected chi connectivity index (χ1v) is 5.10. The molecule has 1 N–H and O–H groups in total. The molecule has 0 aromatic carbocycles. The normalized spacial score (nSPS) is 19.4. The van der Waals surface area contributed by atoms with Crippen molar-refractivity contribution in [1.29, 1.82) is 0 Å². The SMILES string of the molecule is C/C(=N\OCC1CCCCC1)C(=O)O. The van der Waals surface area contributed by atoms with Crippen LogP contribution in [0, 0.1) is 5.92 Å². The van der Waals surface area contributed by atoms with E-state index >= 15 is 0 Å². The fraction of sp³-hybridized carbons (Fsp3) is 0.800. The van der Waals surface area contributed by atoms with E-state index in [1.807, 2.05) is 0 Å². The van der Waals surface area contributed by atoms with Gasteiger partial charge in [0.1, 0.15) is 6.61 Å². The quantitative estimate of drug-likeness (QED) is 0.556. The van der Waals surface area contributed by atoms with Crippen LogP contribution in [0.15, 0.2) is 5.16 Å². The molecule has 0 aromatic rings. The van der Waals surface area contributed by atoms with Gasteiger partial charge in [0, 0.05) is 0 Å². The largest absolute Gasteiger partial charge is 0.477 e. The summed E-state index contributed by atoms with van der Waals surface area (Å²) in [5, 5.41) is 12.0. The van der Waals surface area contributed by atoms with Crippen LogP contribution >= 0.6 is 0 Å². The van der Waals surface area contributed by atoms with E-state index in [2.05, 4.69) is 5.16 Å². The molecule has 1 aliphatic rings. The molecular formula is C10H17NO3. The maximum Gasteiger partial charge on any atom is 0.353 e. The Morgan fingerprint density at radius 2 is 2.07 bits per heavy atom. The van der Waals surface area contributed by atoms with Crippen molar-refractivity contribution in [2.45, 2.75) is 39.0 Å². The third-order valence-electron chi connectivity index (χ3n) is 2.55. The van der Waals surface area contributed by atoms with Crippen LogP contribution in [0.4, 0.5) is 0 Å². The van der Waals surface area contributed by atoms with Crippen LogP contribution in [0.1, 0.15) is 39.0 Å². The minimum absolute atomic E-state index is 0.0146. The predicted molar refractivity (Wildman–Crippen MR) is 53.3 cm³/mol. The number of oxime groups is 1. The lowest BCUT2D eigenvalue weighted by Crippen LogP contribution is -2.14. The Kier molecular flexibility index (Phi) is 4.43. The van der Waals surface area contributed by atoms with Crippen LogP contribution in [0.25, 0.3) is 0 Å². The fourth-order valence-corrected chi connectivity index (χ4v) is 1.63. The Balaban J connectivity index is 2.19. The Hall–Kier alpha value is -1.06. The lowest BCUT2D eigenvalue weighted by Gasteiger charge is -2.19. The van der Waals surface area contributed by atoms with Crippen LogP contribution in [0.2, 0.25) is 0 Å². The van der Waals surface area contributed by atoms with Gasteiger partial charge in [-0.1, -0.05) is 24.4 Å². The highest BCUT2D eigenvalue weighted by molar-refractivity contribution is 6.34. The first kappa shape index (κ1) is 11.0. The molecule has 80 valence electrons. The van der Waals surface area contributed by atoms with E-state index in [1.54, 1.807) is 0 Å². The lowest BCUT2D eigenvalue weighted by molar-refractivity contribution is -0.129. The summed E-state index contributed by atoms with van der Waals surface area (Å²) in [5.41, 5.74) is 0.0146. The van der Waals surface area contributed by atoms with Gasteiger partial charge in [-0.15, -0.1) is 0 Å². The molecule has 0 heterocycles. The standard InChI is InChI=1S/C10H17NO3/c1-8(10(12)13)11-14-7-9-5-3-2-4-6-9/h9H,2-7H2,1H3,(H,12,13)/b11-8+. The van der Waals surface area contributed by atoms with Gasteiger partial charge in [0.2, 0.25) is 0 Å². The van der Waals surface area contributed by atoms with Crippen LogP contribution in [0.5, 0.6) is 0 Å². The maximum atomic E-state index is 10.4. The molecule has 0 bridgehead atoms. The van der Waals surface area contributed by atoms with Crippen LogP contribution in [0.3, 0.4) is 0 Å². The second kappa shape index (κ2) is 5.62. The highest BCUT2D eigenvalue weighted by atomic mass is 16.6. The van der Waals surface area contributed by atoms with Crippen molar-refractivity contribution >= 4 is 11.7 Å². The third-order valence-corrected chi connectivity index (χ3v) is 2.55. The molecule has 1 saturated carbocycles. The number of carbonyl (C=O) groups is 1. The van der Waals surface area contributed by atoms with Gasteiger partial charge in [0.05, 0.1) is 0 Å². The molecule has 4 heteroatoms. The smallest absolute Gasteiger partial charge is 0.353 e. The van der Waals surface area contributed by atoms with Crippen LogP contribution < -0.4 is 0 Å². The van der Waals surface area contributed by atoms with E-state index < -0.39 is 5.97 Å². The summed E-state index contributed by atoms with van der Waals surface area (Å²) < 4.78 is 0. The van der Waals surface area contributed by atoms with Crippen molar-refractivity contribution in [3.63, 3.8) is 0 Å². The molecular weight excluding hydrogens is 182 g/mol. The van der Waals surface area contributed by atoms with E-state index in [-0.39, 0.29) is 5.71 Å². The summed E-state index contributed by atoms with van der Waals surface area (Å²) in [6.45, 7) is 1.99. The summed E-state index contributed by atoms with van der Waals surface area (Å²) in [7, 11) is 0. The van der Waals surface area contributed by atoms with E-state index in [0.29, 0.717) is 12.5 Å². The van der Waals surface area contributed by atoms with Crippen molar-refractivity contribution in [3.8, 4) is 0 Å². The second-order valence-corrected chi connectivity index (χ2v) is 3.78. The summed E-state index contributed by atoms with van der Waals surface area (Å²) in [4.78, 5) is 15.4. The molecule has 0 amide bonds. The summed E-state index contributed by atoms with van der Waals surface area (Å²) in [6.07, 6.45) is 6.20. The van der Waals surface area contributed by atoms with Crippen LogP contribution in [-0.2, 0) is 9.63 Å². The lowest BCUT2D eigenvalue weighted by atomic mass is 9.90. The van der Waals surface area contributed by atoms with Crippen molar-refractivity contribution in [1.82, 2.24) is 0 Å². The Morgan fingerprint density at radius 1 is 1.43 bits per heavy atom. The second-order valence-electron chi connectivity index (χ2n) is 3.78. The monoisotopic (exact) mass is 199 g/mol.